The predicted molar refractivity (Wildman–Crippen MR) is 63.7 cm³/mol. The van der Waals surface area contributed by atoms with E-state index in [-0.39, 0.29) is 5.41 Å². The molecule has 1 atom stereocenters. The standard InChI is InChI=1S/C14H22O/c1-12(2)6-9-14(15)11-10-13(14)7-4-3-5-8-13/h6,9,15H,1,3-5,7-8,10-11H2,2H3/b9-6-. The Morgan fingerprint density at radius 2 is 1.80 bits per heavy atom. The van der Waals surface area contributed by atoms with Gasteiger partial charge in [0.2, 0.25) is 0 Å². The summed E-state index contributed by atoms with van der Waals surface area (Å²) in [6, 6.07) is 0. The first-order valence-corrected chi connectivity index (χ1v) is 6.15. The molecule has 0 radical (unpaired) electrons. The van der Waals surface area contributed by atoms with E-state index in [4.69, 9.17) is 0 Å². The maximum absolute atomic E-state index is 10.6. The molecule has 1 nitrogen and oxygen atoms in total. The van der Waals surface area contributed by atoms with Crippen LogP contribution in [0.1, 0.15) is 51.9 Å². The highest BCUT2D eigenvalue weighted by molar-refractivity contribution is 5.24. The average molecular weight is 206 g/mol. The molecule has 2 aliphatic carbocycles. The molecule has 15 heavy (non-hydrogen) atoms. The van der Waals surface area contributed by atoms with Gasteiger partial charge in [-0.05, 0) is 32.6 Å². The first-order chi connectivity index (χ1) is 7.08. The normalized spacial score (nSPS) is 34.3. The molecule has 2 rings (SSSR count). The third-order valence-electron chi connectivity index (χ3n) is 4.36. The molecular weight excluding hydrogens is 184 g/mol. The van der Waals surface area contributed by atoms with Gasteiger partial charge in [-0.1, -0.05) is 43.6 Å². The van der Waals surface area contributed by atoms with Crippen molar-refractivity contribution >= 4 is 0 Å². The van der Waals surface area contributed by atoms with Crippen LogP contribution >= 0.6 is 0 Å². The lowest BCUT2D eigenvalue weighted by Crippen LogP contribution is -2.56. The van der Waals surface area contributed by atoms with Gasteiger partial charge in [0.05, 0.1) is 5.60 Å². The van der Waals surface area contributed by atoms with Gasteiger partial charge >= 0.3 is 0 Å². The number of rotatable bonds is 2. The van der Waals surface area contributed by atoms with Crippen LogP contribution in [0.2, 0.25) is 0 Å². The molecule has 0 bridgehead atoms. The molecule has 0 amide bonds. The van der Waals surface area contributed by atoms with Crippen LogP contribution in [0.3, 0.4) is 0 Å². The lowest BCUT2D eigenvalue weighted by Gasteiger charge is -2.57. The van der Waals surface area contributed by atoms with Crippen LogP contribution in [0, 0.1) is 5.41 Å². The summed E-state index contributed by atoms with van der Waals surface area (Å²) < 4.78 is 0. The van der Waals surface area contributed by atoms with Crippen LogP contribution in [0.25, 0.3) is 0 Å². The second-order valence-electron chi connectivity index (χ2n) is 5.44. The molecule has 0 aromatic heterocycles. The maximum atomic E-state index is 10.6. The van der Waals surface area contributed by atoms with Gasteiger partial charge in [0.1, 0.15) is 0 Å². The second kappa shape index (κ2) is 3.79. The Bertz CT molecular complexity index is 284. The van der Waals surface area contributed by atoms with Gasteiger partial charge in [-0.15, -0.1) is 0 Å². The predicted octanol–water partition coefficient (Wildman–Crippen LogP) is 3.59. The van der Waals surface area contributed by atoms with Crippen molar-refractivity contribution < 1.29 is 5.11 Å². The number of allylic oxidation sites excluding steroid dienone is 2. The third-order valence-corrected chi connectivity index (χ3v) is 4.36. The van der Waals surface area contributed by atoms with Crippen molar-refractivity contribution in [3.8, 4) is 0 Å². The molecule has 2 aliphatic rings. The Hall–Kier alpha value is -0.560. The Morgan fingerprint density at radius 3 is 2.27 bits per heavy atom. The fourth-order valence-electron chi connectivity index (χ4n) is 3.19. The molecule has 1 N–H and O–H groups in total. The molecule has 0 aromatic rings. The van der Waals surface area contributed by atoms with E-state index in [1.165, 1.54) is 38.5 Å². The van der Waals surface area contributed by atoms with Gasteiger partial charge < -0.3 is 5.11 Å². The van der Waals surface area contributed by atoms with Crippen LogP contribution in [0.4, 0.5) is 0 Å². The summed E-state index contributed by atoms with van der Waals surface area (Å²) >= 11 is 0. The Balaban J connectivity index is 2.11. The summed E-state index contributed by atoms with van der Waals surface area (Å²) in [7, 11) is 0. The summed E-state index contributed by atoms with van der Waals surface area (Å²) in [5.74, 6) is 0. The van der Waals surface area contributed by atoms with Crippen molar-refractivity contribution in [1.82, 2.24) is 0 Å². The largest absolute Gasteiger partial charge is 0.385 e. The Morgan fingerprint density at radius 1 is 1.13 bits per heavy atom. The van der Waals surface area contributed by atoms with E-state index >= 15 is 0 Å². The van der Waals surface area contributed by atoms with E-state index in [0.29, 0.717) is 0 Å². The van der Waals surface area contributed by atoms with Crippen molar-refractivity contribution in [3.63, 3.8) is 0 Å². The summed E-state index contributed by atoms with van der Waals surface area (Å²) in [5, 5.41) is 10.6. The zero-order valence-corrected chi connectivity index (χ0v) is 9.76. The fourth-order valence-corrected chi connectivity index (χ4v) is 3.19. The van der Waals surface area contributed by atoms with E-state index in [2.05, 4.69) is 6.58 Å². The minimum Gasteiger partial charge on any atom is -0.385 e. The highest BCUT2D eigenvalue weighted by atomic mass is 16.3. The SMILES string of the molecule is C=C(C)/C=C\C1(O)CCC12CCCCC2. The van der Waals surface area contributed by atoms with E-state index in [9.17, 15) is 5.11 Å². The highest BCUT2D eigenvalue weighted by Gasteiger charge is 2.56. The highest BCUT2D eigenvalue weighted by Crippen LogP contribution is 2.58. The monoisotopic (exact) mass is 206 g/mol. The maximum Gasteiger partial charge on any atom is 0.0886 e. The molecule has 0 aromatic carbocycles. The van der Waals surface area contributed by atoms with Crippen LogP contribution in [0.5, 0.6) is 0 Å². The van der Waals surface area contributed by atoms with Gasteiger partial charge in [0, 0.05) is 5.41 Å². The van der Waals surface area contributed by atoms with Crippen LogP contribution in [-0.4, -0.2) is 10.7 Å². The molecule has 0 saturated heterocycles. The third kappa shape index (κ3) is 1.78. The van der Waals surface area contributed by atoms with Crippen LogP contribution in [-0.2, 0) is 0 Å². The lowest BCUT2D eigenvalue weighted by atomic mass is 9.51. The fraction of sp³-hybridized carbons (Fsp3) is 0.714. The average Bonchev–Trinajstić information content (AvgIpc) is 2.25. The van der Waals surface area contributed by atoms with E-state index in [0.717, 1.165) is 12.0 Å². The minimum absolute atomic E-state index is 0.219. The van der Waals surface area contributed by atoms with E-state index < -0.39 is 5.60 Å². The number of hydrogen-bond donors (Lipinski definition) is 1. The smallest absolute Gasteiger partial charge is 0.0886 e. The van der Waals surface area contributed by atoms with Gasteiger partial charge in [0.15, 0.2) is 0 Å². The molecule has 1 unspecified atom stereocenters. The van der Waals surface area contributed by atoms with Crippen LogP contribution < -0.4 is 0 Å². The molecule has 1 heteroatoms. The zero-order valence-electron chi connectivity index (χ0n) is 9.76. The quantitative estimate of drug-likeness (QED) is 0.684. The number of aliphatic hydroxyl groups is 1. The summed E-state index contributed by atoms with van der Waals surface area (Å²) in [6.07, 6.45) is 12.5. The Kier molecular flexibility index (Phi) is 2.76. The molecule has 1 spiro atoms. The molecule has 0 heterocycles. The van der Waals surface area contributed by atoms with Crippen molar-refractivity contribution in [1.29, 1.82) is 0 Å². The molecule has 2 fully saturated rings. The first kappa shape index (κ1) is 10.9. The molecule has 2 saturated carbocycles. The van der Waals surface area contributed by atoms with Gasteiger partial charge in [0.25, 0.3) is 0 Å². The van der Waals surface area contributed by atoms with E-state index in [1.807, 2.05) is 19.1 Å². The van der Waals surface area contributed by atoms with Gasteiger partial charge in [-0.25, -0.2) is 0 Å². The van der Waals surface area contributed by atoms with E-state index in [1.54, 1.807) is 0 Å². The summed E-state index contributed by atoms with van der Waals surface area (Å²) in [4.78, 5) is 0. The molecule has 0 aliphatic heterocycles. The number of hydrogen-bond acceptors (Lipinski definition) is 1. The first-order valence-electron chi connectivity index (χ1n) is 6.15. The summed E-state index contributed by atoms with van der Waals surface area (Å²) in [5.41, 5.74) is 0.727. The van der Waals surface area contributed by atoms with Crippen molar-refractivity contribution in [3.05, 3.63) is 24.3 Å². The topological polar surface area (TPSA) is 20.2 Å². The van der Waals surface area contributed by atoms with Crippen molar-refractivity contribution in [2.75, 3.05) is 0 Å². The Labute approximate surface area is 92.9 Å². The molecular formula is C14H22O. The lowest BCUT2D eigenvalue weighted by molar-refractivity contribution is -0.148. The summed E-state index contributed by atoms with van der Waals surface area (Å²) in [6.45, 7) is 5.83. The van der Waals surface area contributed by atoms with Crippen LogP contribution in [0.15, 0.2) is 24.3 Å². The minimum atomic E-state index is -0.521. The van der Waals surface area contributed by atoms with Crippen molar-refractivity contribution in [2.45, 2.75) is 57.5 Å². The second-order valence-corrected chi connectivity index (χ2v) is 5.44. The zero-order chi connectivity index (χ0) is 10.9. The van der Waals surface area contributed by atoms with Crippen molar-refractivity contribution in [2.24, 2.45) is 5.41 Å². The van der Waals surface area contributed by atoms with Gasteiger partial charge in [-0.3, -0.25) is 0 Å². The van der Waals surface area contributed by atoms with Gasteiger partial charge in [-0.2, -0.15) is 0 Å². The molecule has 84 valence electrons.